The lowest BCUT2D eigenvalue weighted by Crippen LogP contribution is -2.49. The van der Waals surface area contributed by atoms with E-state index in [2.05, 4.69) is 15.9 Å². The summed E-state index contributed by atoms with van der Waals surface area (Å²) in [6.45, 7) is 0. The zero-order valence-corrected chi connectivity index (χ0v) is 11.9. The van der Waals surface area contributed by atoms with E-state index < -0.39 is 4.65 Å². The molecule has 4 nitrogen and oxygen atoms in total. The number of benzene rings is 2. The Morgan fingerprint density at radius 2 is 1.80 bits per heavy atom. The highest BCUT2D eigenvalue weighted by Gasteiger charge is 2.45. The van der Waals surface area contributed by atoms with Gasteiger partial charge in [0.15, 0.2) is 0 Å². The van der Waals surface area contributed by atoms with Crippen molar-refractivity contribution in [1.29, 1.82) is 0 Å². The molecule has 0 N–H and O–H groups in total. The molecule has 2 aliphatic rings. The summed E-state index contributed by atoms with van der Waals surface area (Å²) in [6, 6.07) is 12.7. The fourth-order valence-corrected chi connectivity index (χ4v) is 3.06. The van der Waals surface area contributed by atoms with Gasteiger partial charge in [0.2, 0.25) is 5.69 Å². The SMILES string of the molecule is [O-][N+]1=C2C=c3ccccc3=C[N+]2([O-])c2ccc(Br)cc21. The lowest BCUT2D eigenvalue weighted by atomic mass is 10.1. The summed E-state index contributed by atoms with van der Waals surface area (Å²) in [5.74, 6) is 0.178. The predicted molar refractivity (Wildman–Crippen MR) is 82.2 cm³/mol. The van der Waals surface area contributed by atoms with Crippen molar-refractivity contribution in [3.05, 3.63) is 67.8 Å². The smallest absolute Gasteiger partial charge is 0.391 e. The molecule has 0 radical (unpaired) electrons. The second-order valence-electron chi connectivity index (χ2n) is 4.85. The number of hydrogen-bond acceptors (Lipinski definition) is 2. The average Bonchev–Trinajstić information content (AvgIpc) is 2.65. The lowest BCUT2D eigenvalue weighted by Gasteiger charge is -2.30. The van der Waals surface area contributed by atoms with Crippen molar-refractivity contribution in [1.82, 2.24) is 4.65 Å². The molecular formula is C15H9BrN2O2. The van der Waals surface area contributed by atoms with E-state index >= 15 is 0 Å². The van der Waals surface area contributed by atoms with Crippen LogP contribution in [0.1, 0.15) is 0 Å². The summed E-state index contributed by atoms with van der Waals surface area (Å²) in [6.07, 6.45) is 3.25. The molecule has 0 aromatic heterocycles. The van der Waals surface area contributed by atoms with Gasteiger partial charge in [0.1, 0.15) is 6.20 Å². The van der Waals surface area contributed by atoms with Gasteiger partial charge in [-0.15, -0.1) is 4.74 Å². The Balaban J connectivity index is 2.13. The molecule has 5 heteroatoms. The van der Waals surface area contributed by atoms with E-state index in [9.17, 15) is 10.4 Å². The Hall–Kier alpha value is -1.95. The summed E-state index contributed by atoms with van der Waals surface area (Å²) in [5, 5.41) is 27.3. The normalized spacial score (nSPS) is 22.5. The maximum absolute atomic E-state index is 13.1. The predicted octanol–water partition coefficient (Wildman–Crippen LogP) is 2.04. The molecule has 0 aliphatic carbocycles. The van der Waals surface area contributed by atoms with Crippen LogP contribution in [0.5, 0.6) is 0 Å². The molecule has 0 amide bonds. The van der Waals surface area contributed by atoms with Gasteiger partial charge in [-0.25, -0.2) is 4.65 Å². The van der Waals surface area contributed by atoms with Crippen LogP contribution < -0.4 is 15.1 Å². The maximum Gasteiger partial charge on any atom is 0.391 e. The zero-order valence-electron chi connectivity index (χ0n) is 10.3. The second kappa shape index (κ2) is 3.79. The monoisotopic (exact) mass is 328 g/mol. The van der Waals surface area contributed by atoms with Crippen LogP contribution in [0.25, 0.3) is 12.3 Å². The van der Waals surface area contributed by atoms with Crippen molar-refractivity contribution in [2.24, 2.45) is 0 Å². The van der Waals surface area contributed by atoms with Gasteiger partial charge >= 0.3 is 5.84 Å². The minimum atomic E-state index is -0.830. The van der Waals surface area contributed by atoms with Gasteiger partial charge < -0.3 is 10.4 Å². The van der Waals surface area contributed by atoms with Crippen LogP contribution in [0.2, 0.25) is 0 Å². The minimum absolute atomic E-state index is 0.178. The van der Waals surface area contributed by atoms with Gasteiger partial charge in [0.05, 0.1) is 6.08 Å². The second-order valence-corrected chi connectivity index (χ2v) is 5.76. The van der Waals surface area contributed by atoms with Gasteiger partial charge in [-0.3, -0.25) is 0 Å². The van der Waals surface area contributed by atoms with E-state index in [0.29, 0.717) is 11.4 Å². The van der Waals surface area contributed by atoms with Gasteiger partial charge in [0.25, 0.3) is 5.69 Å². The van der Waals surface area contributed by atoms with Crippen molar-refractivity contribution >= 4 is 45.4 Å². The molecule has 20 heavy (non-hydrogen) atoms. The first-order chi connectivity index (χ1) is 9.59. The Labute approximate surface area is 123 Å². The van der Waals surface area contributed by atoms with Gasteiger partial charge in [0, 0.05) is 21.8 Å². The third-order valence-electron chi connectivity index (χ3n) is 3.66. The fraction of sp³-hybridized carbons (Fsp3) is 0. The molecule has 0 fully saturated rings. The van der Waals surface area contributed by atoms with Gasteiger partial charge in [-0.05, 0) is 17.4 Å². The molecule has 0 bridgehead atoms. The third kappa shape index (κ3) is 1.39. The van der Waals surface area contributed by atoms with Crippen molar-refractivity contribution in [3.63, 3.8) is 0 Å². The molecule has 2 heterocycles. The summed E-state index contributed by atoms with van der Waals surface area (Å²) >= 11 is 3.33. The van der Waals surface area contributed by atoms with Crippen LogP contribution in [0.15, 0.2) is 46.9 Å². The van der Waals surface area contributed by atoms with Crippen LogP contribution >= 0.6 is 15.9 Å². The molecule has 2 aliphatic heterocycles. The summed E-state index contributed by atoms with van der Waals surface area (Å²) < 4.78 is 0.671. The zero-order chi connectivity index (χ0) is 13.9. The van der Waals surface area contributed by atoms with Gasteiger partial charge in [-0.1, -0.05) is 34.1 Å². The quantitative estimate of drug-likeness (QED) is 0.422. The highest BCUT2D eigenvalue weighted by Crippen LogP contribution is 2.42. The fourth-order valence-electron chi connectivity index (χ4n) is 2.71. The first kappa shape index (κ1) is 11.8. The molecule has 98 valence electrons. The number of rotatable bonds is 0. The van der Waals surface area contributed by atoms with E-state index in [1.54, 1.807) is 30.5 Å². The molecular weight excluding hydrogens is 320 g/mol. The number of amidine groups is 1. The van der Waals surface area contributed by atoms with E-state index in [0.717, 1.165) is 19.6 Å². The number of hydrogen-bond donors (Lipinski definition) is 0. The Morgan fingerprint density at radius 3 is 2.60 bits per heavy atom. The average molecular weight is 329 g/mol. The molecule has 0 saturated carbocycles. The van der Waals surface area contributed by atoms with Crippen LogP contribution in [-0.4, -0.2) is 10.6 Å². The van der Waals surface area contributed by atoms with Crippen molar-refractivity contribution < 1.29 is 4.74 Å². The Morgan fingerprint density at radius 1 is 1.05 bits per heavy atom. The molecule has 1 atom stereocenters. The summed E-state index contributed by atoms with van der Waals surface area (Å²) in [7, 11) is 0. The molecule has 2 aromatic carbocycles. The minimum Gasteiger partial charge on any atom is -0.614 e. The number of halogens is 1. The third-order valence-corrected chi connectivity index (χ3v) is 4.16. The summed E-state index contributed by atoms with van der Waals surface area (Å²) in [5.41, 5.74) is 0.841. The topological polar surface area (TPSA) is 49.1 Å². The van der Waals surface area contributed by atoms with E-state index in [-0.39, 0.29) is 5.84 Å². The van der Waals surface area contributed by atoms with E-state index in [1.165, 1.54) is 0 Å². The Kier molecular flexibility index (Phi) is 2.24. The molecule has 1 unspecified atom stereocenters. The van der Waals surface area contributed by atoms with E-state index in [4.69, 9.17) is 0 Å². The van der Waals surface area contributed by atoms with Crippen LogP contribution in [0.3, 0.4) is 0 Å². The van der Waals surface area contributed by atoms with Crippen LogP contribution in [0.4, 0.5) is 11.4 Å². The Bertz CT molecular complexity index is 904. The van der Waals surface area contributed by atoms with E-state index in [1.807, 2.05) is 24.3 Å². The number of quaternary nitrogens is 1. The molecule has 0 spiro atoms. The van der Waals surface area contributed by atoms with Crippen LogP contribution in [-0.2, 0) is 0 Å². The van der Waals surface area contributed by atoms with Gasteiger partial charge in [-0.2, -0.15) is 0 Å². The summed E-state index contributed by atoms with van der Waals surface area (Å²) in [4.78, 5) is 0. The maximum atomic E-state index is 13.1. The van der Waals surface area contributed by atoms with Crippen LogP contribution in [0, 0.1) is 10.4 Å². The molecule has 4 rings (SSSR count). The number of fused-ring (bicyclic) bond motifs is 4. The number of nitrogens with zero attached hydrogens (tertiary/aromatic N) is 2. The molecule has 2 aromatic rings. The standard InChI is InChI=1S/C15H9BrN2O2/c16-12-5-6-14-13(8-12)17(19)15-7-10-3-1-2-4-11(10)9-18(14,15)20/h1-9H. The highest BCUT2D eigenvalue weighted by molar-refractivity contribution is 9.10. The largest absolute Gasteiger partial charge is 0.614 e. The van der Waals surface area contributed by atoms with Crippen molar-refractivity contribution in [2.75, 3.05) is 0 Å². The number of hydroxylamine groups is 2. The lowest BCUT2D eigenvalue weighted by molar-refractivity contribution is -0.356. The van der Waals surface area contributed by atoms with Crippen molar-refractivity contribution in [2.45, 2.75) is 0 Å². The first-order valence-corrected chi connectivity index (χ1v) is 6.93. The molecule has 0 saturated heterocycles. The first-order valence-electron chi connectivity index (χ1n) is 6.14. The highest BCUT2D eigenvalue weighted by atomic mass is 79.9. The van der Waals surface area contributed by atoms with Crippen molar-refractivity contribution in [3.8, 4) is 0 Å².